The fourth-order valence-electron chi connectivity index (χ4n) is 1.87. The summed E-state index contributed by atoms with van der Waals surface area (Å²) in [6.07, 6.45) is 1.52. The van der Waals surface area contributed by atoms with Gasteiger partial charge in [-0.3, -0.25) is 18.9 Å². The molecule has 1 saturated carbocycles. The lowest BCUT2D eigenvalue weighted by molar-refractivity contribution is 0.103. The fraction of sp³-hybridized carbons (Fsp3) is 0.600. The molecular formula is C10H14FN2O6P. The SMILES string of the molecule is O=c1[nH]c(=O)n(CC2(COCP(=O)(O)O)CC2)cc1F. The van der Waals surface area contributed by atoms with E-state index in [2.05, 4.69) is 0 Å². The van der Waals surface area contributed by atoms with E-state index < -0.39 is 36.4 Å². The minimum atomic E-state index is -4.23. The Labute approximate surface area is 112 Å². The predicted molar refractivity (Wildman–Crippen MR) is 65.8 cm³/mol. The Balaban J connectivity index is 2.03. The molecule has 0 bridgehead atoms. The van der Waals surface area contributed by atoms with Crippen LogP contribution in [0.5, 0.6) is 0 Å². The Kier molecular flexibility index (Phi) is 3.97. The van der Waals surface area contributed by atoms with E-state index in [4.69, 9.17) is 14.5 Å². The second-order valence-electron chi connectivity index (χ2n) is 5.01. The number of nitrogens with zero attached hydrogens (tertiary/aromatic N) is 1. The van der Waals surface area contributed by atoms with Gasteiger partial charge >= 0.3 is 13.3 Å². The molecule has 0 atom stereocenters. The standard InChI is InChI=1S/C10H14FN2O6P/c11-7-3-13(9(15)12-8(7)14)4-10(1-2-10)5-19-6-20(16,17)18/h3H,1-2,4-6H2,(H,12,14,15)(H2,16,17,18). The van der Waals surface area contributed by atoms with Crippen molar-refractivity contribution in [1.82, 2.24) is 9.55 Å². The highest BCUT2D eigenvalue weighted by Crippen LogP contribution is 2.48. The summed E-state index contributed by atoms with van der Waals surface area (Å²) in [5, 5.41) is 0. The molecule has 20 heavy (non-hydrogen) atoms. The van der Waals surface area contributed by atoms with Gasteiger partial charge in [0, 0.05) is 12.0 Å². The smallest absolute Gasteiger partial charge is 0.350 e. The third-order valence-electron chi connectivity index (χ3n) is 3.10. The van der Waals surface area contributed by atoms with Crippen molar-refractivity contribution in [3.63, 3.8) is 0 Å². The molecule has 0 amide bonds. The molecule has 1 fully saturated rings. The van der Waals surface area contributed by atoms with Crippen molar-refractivity contribution in [3.8, 4) is 0 Å². The lowest BCUT2D eigenvalue weighted by atomic mass is 10.1. The molecule has 0 radical (unpaired) electrons. The number of hydrogen-bond donors (Lipinski definition) is 3. The van der Waals surface area contributed by atoms with E-state index >= 15 is 0 Å². The van der Waals surface area contributed by atoms with Crippen molar-refractivity contribution >= 4 is 7.60 Å². The van der Waals surface area contributed by atoms with Crippen LogP contribution >= 0.6 is 7.60 Å². The van der Waals surface area contributed by atoms with Crippen LogP contribution in [-0.2, 0) is 15.8 Å². The minimum Gasteiger partial charge on any atom is -0.368 e. The van der Waals surface area contributed by atoms with Gasteiger partial charge in [0.1, 0.15) is 6.35 Å². The van der Waals surface area contributed by atoms with Gasteiger partial charge in [-0.25, -0.2) is 4.79 Å². The zero-order valence-electron chi connectivity index (χ0n) is 10.4. The van der Waals surface area contributed by atoms with Gasteiger partial charge in [-0.15, -0.1) is 0 Å². The Morgan fingerprint density at radius 3 is 2.65 bits per heavy atom. The summed E-state index contributed by atoms with van der Waals surface area (Å²) >= 11 is 0. The van der Waals surface area contributed by atoms with Gasteiger partial charge in [0.2, 0.25) is 5.82 Å². The Morgan fingerprint density at radius 2 is 2.10 bits per heavy atom. The van der Waals surface area contributed by atoms with Gasteiger partial charge < -0.3 is 14.5 Å². The number of hydrogen-bond acceptors (Lipinski definition) is 4. The largest absolute Gasteiger partial charge is 0.368 e. The van der Waals surface area contributed by atoms with Crippen molar-refractivity contribution in [2.24, 2.45) is 5.41 Å². The lowest BCUT2D eigenvalue weighted by Crippen LogP contribution is -2.34. The summed E-state index contributed by atoms with van der Waals surface area (Å²) in [5.41, 5.74) is -2.24. The Morgan fingerprint density at radius 1 is 1.45 bits per heavy atom. The first-order chi connectivity index (χ1) is 9.21. The number of ether oxygens (including phenoxy) is 1. The summed E-state index contributed by atoms with van der Waals surface area (Å²) in [7, 11) is -4.23. The molecule has 112 valence electrons. The van der Waals surface area contributed by atoms with Crippen LogP contribution in [0.4, 0.5) is 4.39 Å². The number of halogens is 1. The number of aromatic amines is 1. The summed E-state index contributed by atoms with van der Waals surface area (Å²) in [4.78, 5) is 41.6. The zero-order chi connectivity index (χ0) is 15.0. The van der Waals surface area contributed by atoms with Gasteiger partial charge in [0.25, 0.3) is 5.56 Å². The second kappa shape index (κ2) is 5.25. The topological polar surface area (TPSA) is 122 Å². The number of rotatable bonds is 6. The number of H-pyrrole nitrogens is 1. The highest BCUT2D eigenvalue weighted by Gasteiger charge is 2.44. The summed E-state index contributed by atoms with van der Waals surface area (Å²) in [6.45, 7) is 0.186. The average molecular weight is 308 g/mol. The minimum absolute atomic E-state index is 0.0608. The number of nitrogens with one attached hydrogen (secondary N) is 1. The molecule has 1 aromatic heterocycles. The van der Waals surface area contributed by atoms with Crippen LogP contribution in [0.25, 0.3) is 0 Å². The van der Waals surface area contributed by atoms with Crippen LogP contribution in [0.1, 0.15) is 12.8 Å². The molecule has 1 aliphatic rings. The van der Waals surface area contributed by atoms with Gasteiger partial charge in [-0.1, -0.05) is 0 Å². The third-order valence-corrected chi connectivity index (χ3v) is 3.62. The van der Waals surface area contributed by atoms with Crippen LogP contribution < -0.4 is 11.2 Å². The van der Waals surface area contributed by atoms with Crippen LogP contribution in [0.15, 0.2) is 15.8 Å². The van der Waals surface area contributed by atoms with Crippen LogP contribution in [0.3, 0.4) is 0 Å². The van der Waals surface area contributed by atoms with E-state index in [1.54, 1.807) is 0 Å². The summed E-state index contributed by atoms with van der Waals surface area (Å²) in [5.74, 6) is -1.06. The quantitative estimate of drug-likeness (QED) is 0.615. The third kappa shape index (κ3) is 3.86. The molecule has 1 heterocycles. The average Bonchev–Trinajstić information content (AvgIpc) is 3.04. The lowest BCUT2D eigenvalue weighted by Gasteiger charge is -2.16. The molecule has 1 aliphatic carbocycles. The van der Waals surface area contributed by atoms with E-state index in [1.807, 2.05) is 4.98 Å². The van der Waals surface area contributed by atoms with Crippen LogP contribution in [0, 0.1) is 11.2 Å². The highest BCUT2D eigenvalue weighted by atomic mass is 31.2. The molecule has 0 spiro atoms. The molecule has 10 heteroatoms. The predicted octanol–water partition coefficient (Wildman–Crippen LogP) is -0.392. The van der Waals surface area contributed by atoms with Crippen molar-refractivity contribution < 1.29 is 23.5 Å². The second-order valence-corrected chi connectivity index (χ2v) is 6.59. The molecule has 3 N–H and O–H groups in total. The van der Waals surface area contributed by atoms with E-state index in [-0.39, 0.29) is 13.2 Å². The van der Waals surface area contributed by atoms with Crippen molar-refractivity contribution in [2.45, 2.75) is 19.4 Å². The first kappa shape index (κ1) is 15.1. The van der Waals surface area contributed by atoms with Gasteiger partial charge in [-0.05, 0) is 12.8 Å². The van der Waals surface area contributed by atoms with Gasteiger partial charge in [0.15, 0.2) is 0 Å². The highest BCUT2D eigenvalue weighted by molar-refractivity contribution is 7.51. The van der Waals surface area contributed by atoms with Crippen LogP contribution in [0.2, 0.25) is 0 Å². The summed E-state index contributed by atoms with van der Waals surface area (Å²) < 4.78 is 29.8. The maximum absolute atomic E-state index is 13.1. The maximum Gasteiger partial charge on any atom is 0.350 e. The van der Waals surface area contributed by atoms with Crippen molar-refractivity contribution in [1.29, 1.82) is 0 Å². The van der Waals surface area contributed by atoms with E-state index in [0.29, 0.717) is 12.8 Å². The molecule has 0 aliphatic heterocycles. The summed E-state index contributed by atoms with van der Waals surface area (Å²) in [6, 6.07) is 0. The number of aromatic nitrogens is 2. The van der Waals surface area contributed by atoms with Crippen molar-refractivity contribution in [2.75, 3.05) is 13.0 Å². The molecule has 1 aromatic rings. The molecule has 8 nitrogen and oxygen atoms in total. The molecule has 2 rings (SSSR count). The molecule has 0 unspecified atom stereocenters. The molecule has 0 saturated heterocycles. The van der Waals surface area contributed by atoms with Crippen molar-refractivity contribution in [3.05, 3.63) is 32.9 Å². The van der Waals surface area contributed by atoms with Gasteiger partial charge in [-0.2, -0.15) is 4.39 Å². The first-order valence-electron chi connectivity index (χ1n) is 5.82. The first-order valence-corrected chi connectivity index (χ1v) is 7.62. The van der Waals surface area contributed by atoms with E-state index in [1.165, 1.54) is 0 Å². The molecular weight excluding hydrogens is 294 g/mol. The van der Waals surface area contributed by atoms with Gasteiger partial charge in [0.05, 0.1) is 12.8 Å². The normalized spacial score (nSPS) is 17.1. The van der Waals surface area contributed by atoms with Crippen LogP contribution in [-0.4, -0.2) is 32.3 Å². The van der Waals surface area contributed by atoms with E-state index in [9.17, 15) is 18.5 Å². The maximum atomic E-state index is 13.1. The Hall–Kier alpha value is -1.28. The Bertz CT molecular complexity index is 658. The monoisotopic (exact) mass is 308 g/mol. The molecule has 0 aromatic carbocycles. The van der Waals surface area contributed by atoms with E-state index in [0.717, 1.165) is 10.8 Å². The fourth-order valence-corrected chi connectivity index (χ4v) is 2.20. The zero-order valence-corrected chi connectivity index (χ0v) is 11.3.